The van der Waals surface area contributed by atoms with Crippen LogP contribution in [0, 0.1) is 17.6 Å². The molecular formula is C19H18F2N2O3. The summed E-state index contributed by atoms with van der Waals surface area (Å²) in [5.74, 6) is -3.28. The molecule has 1 aliphatic heterocycles. The lowest BCUT2D eigenvalue weighted by molar-refractivity contribution is -0.143. The van der Waals surface area contributed by atoms with E-state index in [0.29, 0.717) is 18.9 Å². The largest absolute Gasteiger partial charge is 0.481 e. The van der Waals surface area contributed by atoms with Crippen LogP contribution in [0.2, 0.25) is 0 Å². The fourth-order valence-electron chi connectivity index (χ4n) is 3.20. The van der Waals surface area contributed by atoms with Crippen molar-refractivity contribution in [3.63, 3.8) is 0 Å². The Morgan fingerprint density at radius 1 is 1.08 bits per heavy atom. The number of anilines is 1. The molecule has 0 saturated carbocycles. The number of piperidine rings is 1. The summed E-state index contributed by atoms with van der Waals surface area (Å²) in [4.78, 5) is 25.5. The SMILES string of the molecule is O=C(O)C1CCC(c2ccccc2)N(C(=O)Nc2ccc(F)cc2F)C1. The Morgan fingerprint density at radius 3 is 2.46 bits per heavy atom. The Balaban J connectivity index is 1.85. The highest BCUT2D eigenvalue weighted by Gasteiger charge is 2.35. The van der Waals surface area contributed by atoms with Gasteiger partial charge in [0.1, 0.15) is 11.6 Å². The molecule has 1 fully saturated rings. The number of likely N-dealkylation sites (tertiary alicyclic amines) is 1. The molecule has 0 aromatic heterocycles. The minimum atomic E-state index is -0.970. The molecule has 3 rings (SSSR count). The Bertz CT molecular complexity index is 814. The first kappa shape index (κ1) is 17.8. The van der Waals surface area contributed by atoms with Crippen LogP contribution in [0.15, 0.2) is 48.5 Å². The van der Waals surface area contributed by atoms with Crippen molar-refractivity contribution < 1.29 is 23.5 Å². The fraction of sp³-hybridized carbons (Fsp3) is 0.263. The normalized spacial score (nSPS) is 19.8. The lowest BCUT2D eigenvalue weighted by Gasteiger charge is -2.38. The molecule has 2 aromatic rings. The van der Waals surface area contributed by atoms with Gasteiger partial charge in [-0.15, -0.1) is 0 Å². The number of benzene rings is 2. The predicted molar refractivity (Wildman–Crippen MR) is 91.6 cm³/mol. The van der Waals surface area contributed by atoms with Gasteiger partial charge in [0.05, 0.1) is 17.6 Å². The van der Waals surface area contributed by atoms with Gasteiger partial charge in [-0.25, -0.2) is 13.6 Å². The van der Waals surface area contributed by atoms with E-state index in [1.165, 1.54) is 4.90 Å². The van der Waals surface area contributed by atoms with E-state index < -0.39 is 29.6 Å². The van der Waals surface area contributed by atoms with Crippen LogP contribution in [0.1, 0.15) is 24.4 Å². The first-order valence-corrected chi connectivity index (χ1v) is 8.26. The molecule has 1 heterocycles. The molecule has 7 heteroatoms. The number of nitrogens with zero attached hydrogens (tertiary/aromatic N) is 1. The van der Waals surface area contributed by atoms with E-state index in [0.717, 1.165) is 17.7 Å². The van der Waals surface area contributed by atoms with Crippen molar-refractivity contribution in [2.24, 2.45) is 5.92 Å². The lowest BCUT2D eigenvalue weighted by atomic mass is 9.89. The van der Waals surface area contributed by atoms with Gasteiger partial charge in [0, 0.05) is 12.6 Å². The van der Waals surface area contributed by atoms with Gasteiger partial charge in [-0.2, -0.15) is 0 Å². The number of hydrogen-bond donors (Lipinski definition) is 2. The van der Waals surface area contributed by atoms with Gasteiger partial charge >= 0.3 is 12.0 Å². The minimum Gasteiger partial charge on any atom is -0.481 e. The summed E-state index contributed by atoms with van der Waals surface area (Å²) in [5.41, 5.74) is 0.728. The Hall–Kier alpha value is -2.96. The first-order valence-electron chi connectivity index (χ1n) is 8.26. The zero-order valence-electron chi connectivity index (χ0n) is 13.9. The van der Waals surface area contributed by atoms with Crippen LogP contribution in [-0.2, 0) is 4.79 Å². The summed E-state index contributed by atoms with van der Waals surface area (Å²) in [5, 5.41) is 11.7. The molecule has 0 aliphatic carbocycles. The number of amides is 2. The standard InChI is InChI=1S/C19H18F2N2O3/c20-14-7-8-16(15(21)10-14)22-19(26)23-11-13(18(24)25)6-9-17(23)12-4-2-1-3-5-12/h1-5,7-8,10,13,17H,6,9,11H2,(H,22,26)(H,24,25). The molecule has 0 bridgehead atoms. The van der Waals surface area contributed by atoms with E-state index in [9.17, 15) is 23.5 Å². The zero-order valence-corrected chi connectivity index (χ0v) is 13.9. The molecule has 1 aliphatic rings. The second-order valence-corrected chi connectivity index (χ2v) is 6.25. The van der Waals surface area contributed by atoms with Crippen molar-refractivity contribution in [1.29, 1.82) is 0 Å². The van der Waals surface area contributed by atoms with Gasteiger partial charge in [0.2, 0.25) is 0 Å². The number of nitrogens with one attached hydrogen (secondary N) is 1. The van der Waals surface area contributed by atoms with E-state index in [2.05, 4.69) is 5.32 Å². The van der Waals surface area contributed by atoms with Gasteiger partial charge in [0.15, 0.2) is 0 Å². The van der Waals surface area contributed by atoms with Crippen LogP contribution in [0.25, 0.3) is 0 Å². The van der Waals surface area contributed by atoms with Crippen LogP contribution < -0.4 is 5.32 Å². The zero-order chi connectivity index (χ0) is 18.7. The molecule has 26 heavy (non-hydrogen) atoms. The summed E-state index contributed by atoms with van der Waals surface area (Å²) < 4.78 is 26.9. The minimum absolute atomic E-state index is 0.0174. The number of carboxylic acids is 1. The van der Waals surface area contributed by atoms with E-state index >= 15 is 0 Å². The second kappa shape index (κ2) is 7.51. The molecule has 1 saturated heterocycles. The maximum atomic E-state index is 13.8. The van der Waals surface area contributed by atoms with Crippen molar-refractivity contribution in [2.45, 2.75) is 18.9 Å². The molecule has 0 spiro atoms. The smallest absolute Gasteiger partial charge is 0.322 e. The molecule has 2 atom stereocenters. The number of carbonyl (C=O) groups is 2. The third-order valence-corrected chi connectivity index (χ3v) is 4.55. The van der Waals surface area contributed by atoms with E-state index in [-0.39, 0.29) is 18.3 Å². The molecule has 136 valence electrons. The van der Waals surface area contributed by atoms with Crippen molar-refractivity contribution in [3.8, 4) is 0 Å². The second-order valence-electron chi connectivity index (χ2n) is 6.25. The number of carbonyl (C=O) groups excluding carboxylic acids is 1. The summed E-state index contributed by atoms with van der Waals surface area (Å²) in [6.07, 6.45) is 0.934. The highest BCUT2D eigenvalue weighted by Crippen LogP contribution is 2.34. The Kier molecular flexibility index (Phi) is 5.16. The van der Waals surface area contributed by atoms with Crippen molar-refractivity contribution >= 4 is 17.7 Å². The number of halogens is 2. The van der Waals surface area contributed by atoms with Crippen LogP contribution in [0.4, 0.5) is 19.3 Å². The number of hydrogen-bond acceptors (Lipinski definition) is 2. The van der Waals surface area contributed by atoms with Gasteiger partial charge in [0.25, 0.3) is 0 Å². The third kappa shape index (κ3) is 3.82. The van der Waals surface area contributed by atoms with Gasteiger partial charge < -0.3 is 15.3 Å². The van der Waals surface area contributed by atoms with Gasteiger partial charge in [-0.05, 0) is 30.5 Å². The third-order valence-electron chi connectivity index (χ3n) is 4.55. The van der Waals surface area contributed by atoms with E-state index in [1.807, 2.05) is 30.3 Å². The van der Waals surface area contributed by atoms with Crippen molar-refractivity contribution in [3.05, 3.63) is 65.7 Å². The maximum absolute atomic E-state index is 13.8. The van der Waals surface area contributed by atoms with Crippen molar-refractivity contribution in [2.75, 3.05) is 11.9 Å². The number of carboxylic acid groups (broad SMARTS) is 1. The molecule has 0 radical (unpaired) electrons. The molecular weight excluding hydrogens is 342 g/mol. The van der Waals surface area contributed by atoms with E-state index in [4.69, 9.17) is 0 Å². The number of aliphatic carboxylic acids is 1. The summed E-state index contributed by atoms with van der Waals surface area (Å²) in [6, 6.07) is 11.2. The topological polar surface area (TPSA) is 69.6 Å². The van der Waals surface area contributed by atoms with Crippen LogP contribution >= 0.6 is 0 Å². The lowest BCUT2D eigenvalue weighted by Crippen LogP contribution is -2.46. The summed E-state index contributed by atoms with van der Waals surface area (Å²) >= 11 is 0. The Morgan fingerprint density at radius 2 is 1.81 bits per heavy atom. The molecule has 2 unspecified atom stereocenters. The van der Waals surface area contributed by atoms with Crippen LogP contribution in [-0.4, -0.2) is 28.6 Å². The van der Waals surface area contributed by atoms with Crippen molar-refractivity contribution in [1.82, 2.24) is 4.90 Å². The van der Waals surface area contributed by atoms with Gasteiger partial charge in [-0.1, -0.05) is 30.3 Å². The molecule has 5 nitrogen and oxygen atoms in total. The van der Waals surface area contributed by atoms with Crippen LogP contribution in [0.5, 0.6) is 0 Å². The number of urea groups is 1. The van der Waals surface area contributed by atoms with E-state index in [1.54, 1.807) is 0 Å². The quantitative estimate of drug-likeness (QED) is 0.868. The molecule has 2 amide bonds. The predicted octanol–water partition coefficient (Wildman–Crippen LogP) is 4.03. The highest BCUT2D eigenvalue weighted by molar-refractivity contribution is 5.90. The maximum Gasteiger partial charge on any atom is 0.322 e. The summed E-state index contributed by atoms with van der Waals surface area (Å²) in [6.45, 7) is 0.0174. The average Bonchev–Trinajstić information content (AvgIpc) is 2.64. The van der Waals surface area contributed by atoms with Gasteiger partial charge in [-0.3, -0.25) is 4.79 Å². The Labute approximate surface area is 149 Å². The fourth-order valence-corrected chi connectivity index (χ4v) is 3.20. The van der Waals surface area contributed by atoms with Crippen LogP contribution in [0.3, 0.4) is 0 Å². The first-order chi connectivity index (χ1) is 12.5. The summed E-state index contributed by atoms with van der Waals surface area (Å²) in [7, 11) is 0. The average molecular weight is 360 g/mol. The monoisotopic (exact) mass is 360 g/mol. The highest BCUT2D eigenvalue weighted by atomic mass is 19.1. The molecule has 2 aromatic carbocycles. The molecule has 2 N–H and O–H groups in total. The number of rotatable bonds is 3.